The van der Waals surface area contributed by atoms with Crippen molar-refractivity contribution in [3.8, 4) is 22.9 Å². The lowest BCUT2D eigenvalue weighted by Gasteiger charge is -2.25. The van der Waals surface area contributed by atoms with Crippen LogP contribution < -0.4 is 24.4 Å². The SMILES string of the molecule is COc1cc(-n2cnc(Nc3nc(N4CCCC4CO)c4c(C)nn(C(C)C)c4n3)c2)cc(OC)c1OC. The van der Waals surface area contributed by atoms with Gasteiger partial charge in [0.1, 0.15) is 12.1 Å². The average Bonchev–Trinajstić information content (AvgIpc) is 3.66. The lowest BCUT2D eigenvalue weighted by Crippen LogP contribution is -2.33. The highest BCUT2D eigenvalue weighted by Crippen LogP contribution is 2.39. The van der Waals surface area contributed by atoms with Crippen LogP contribution >= 0.6 is 0 Å². The number of fused-ring (bicyclic) bond motifs is 1. The standard InChI is InChI=1S/C26H34N8O4/c1-15(2)34-25-22(16(3)31-34)24(33-9-7-8-17(33)13-35)29-26(30-25)28-21-12-32(14-27-21)18-10-19(36-4)23(38-6)20(11-18)37-5/h10-12,14-15,17,35H,7-9,13H2,1-6H3,(H,28,29,30). The maximum absolute atomic E-state index is 10.00. The number of aryl methyl sites for hydroxylation is 1. The number of nitrogens with one attached hydrogen (secondary N) is 1. The average molecular weight is 523 g/mol. The van der Waals surface area contributed by atoms with Crippen molar-refractivity contribution in [3.05, 3.63) is 30.4 Å². The molecule has 0 radical (unpaired) electrons. The summed E-state index contributed by atoms with van der Waals surface area (Å²) in [6.45, 7) is 7.02. The molecule has 12 nitrogen and oxygen atoms in total. The molecule has 1 fully saturated rings. The molecule has 202 valence electrons. The number of benzene rings is 1. The van der Waals surface area contributed by atoms with Gasteiger partial charge in [0.2, 0.25) is 11.7 Å². The van der Waals surface area contributed by atoms with Crippen molar-refractivity contribution in [2.24, 2.45) is 0 Å². The van der Waals surface area contributed by atoms with Gasteiger partial charge in [-0.3, -0.25) is 0 Å². The fourth-order valence-electron chi connectivity index (χ4n) is 4.97. The van der Waals surface area contributed by atoms with Gasteiger partial charge in [0.25, 0.3) is 0 Å². The second kappa shape index (κ2) is 10.4. The Bertz CT molecular complexity index is 1420. The number of aliphatic hydroxyl groups is 1. The van der Waals surface area contributed by atoms with Crippen LogP contribution in [0.25, 0.3) is 16.7 Å². The van der Waals surface area contributed by atoms with E-state index < -0.39 is 0 Å². The van der Waals surface area contributed by atoms with Gasteiger partial charge in [-0.05, 0) is 33.6 Å². The Morgan fingerprint density at radius 3 is 2.47 bits per heavy atom. The Kier molecular flexibility index (Phi) is 6.98. The van der Waals surface area contributed by atoms with Crippen LogP contribution in [0.3, 0.4) is 0 Å². The number of aromatic nitrogens is 6. The van der Waals surface area contributed by atoms with Crippen LogP contribution in [0.5, 0.6) is 17.2 Å². The third kappa shape index (κ3) is 4.44. The number of ether oxygens (including phenoxy) is 3. The van der Waals surface area contributed by atoms with E-state index >= 15 is 0 Å². The van der Waals surface area contributed by atoms with Gasteiger partial charge in [-0.2, -0.15) is 15.1 Å². The van der Waals surface area contributed by atoms with Crippen LogP contribution in [0.1, 0.15) is 38.4 Å². The summed E-state index contributed by atoms with van der Waals surface area (Å²) >= 11 is 0. The summed E-state index contributed by atoms with van der Waals surface area (Å²) in [4.78, 5) is 16.4. The molecule has 1 aliphatic heterocycles. The van der Waals surface area contributed by atoms with Gasteiger partial charge in [-0.15, -0.1) is 0 Å². The van der Waals surface area contributed by atoms with Crippen molar-refractivity contribution in [1.29, 1.82) is 0 Å². The van der Waals surface area contributed by atoms with Gasteiger partial charge in [-0.1, -0.05) is 0 Å². The molecular formula is C26H34N8O4. The van der Waals surface area contributed by atoms with E-state index in [0.717, 1.165) is 47.6 Å². The minimum Gasteiger partial charge on any atom is -0.493 e. The molecule has 4 aromatic rings. The lowest BCUT2D eigenvalue weighted by molar-refractivity contribution is 0.266. The molecule has 0 spiro atoms. The molecule has 0 bridgehead atoms. The van der Waals surface area contributed by atoms with Crippen molar-refractivity contribution in [2.45, 2.75) is 45.7 Å². The monoisotopic (exact) mass is 522 g/mol. The van der Waals surface area contributed by atoms with E-state index in [4.69, 9.17) is 29.3 Å². The maximum Gasteiger partial charge on any atom is 0.232 e. The van der Waals surface area contributed by atoms with Gasteiger partial charge >= 0.3 is 0 Å². The number of methoxy groups -OCH3 is 3. The Labute approximate surface area is 221 Å². The highest BCUT2D eigenvalue weighted by Gasteiger charge is 2.29. The minimum absolute atomic E-state index is 0.0157. The third-order valence-corrected chi connectivity index (χ3v) is 6.83. The van der Waals surface area contributed by atoms with Gasteiger partial charge < -0.3 is 34.1 Å². The van der Waals surface area contributed by atoms with E-state index in [1.54, 1.807) is 27.7 Å². The number of hydrogen-bond acceptors (Lipinski definition) is 10. The Morgan fingerprint density at radius 2 is 1.84 bits per heavy atom. The van der Waals surface area contributed by atoms with Crippen molar-refractivity contribution in [3.63, 3.8) is 0 Å². The number of rotatable bonds is 9. The van der Waals surface area contributed by atoms with Crippen LogP contribution in [-0.2, 0) is 0 Å². The molecule has 0 aliphatic carbocycles. The number of imidazole rings is 1. The largest absolute Gasteiger partial charge is 0.493 e. The van der Waals surface area contributed by atoms with Gasteiger partial charge in [0.05, 0.1) is 56.9 Å². The molecule has 4 heterocycles. The van der Waals surface area contributed by atoms with E-state index in [2.05, 4.69) is 29.0 Å². The van der Waals surface area contributed by atoms with Crippen LogP contribution in [0.2, 0.25) is 0 Å². The number of hydrogen-bond donors (Lipinski definition) is 2. The van der Waals surface area contributed by atoms with E-state index in [9.17, 15) is 5.11 Å². The van der Waals surface area contributed by atoms with Gasteiger partial charge in [0.15, 0.2) is 23.0 Å². The van der Waals surface area contributed by atoms with E-state index in [1.165, 1.54) is 0 Å². The molecule has 2 N–H and O–H groups in total. The zero-order valence-corrected chi connectivity index (χ0v) is 22.6. The first-order valence-corrected chi connectivity index (χ1v) is 12.6. The van der Waals surface area contributed by atoms with Crippen LogP contribution in [0.4, 0.5) is 17.6 Å². The lowest BCUT2D eigenvalue weighted by atomic mass is 10.2. The topological polar surface area (TPSA) is 125 Å². The smallest absolute Gasteiger partial charge is 0.232 e. The van der Waals surface area contributed by atoms with E-state index in [-0.39, 0.29) is 18.7 Å². The molecule has 1 aromatic carbocycles. The number of nitrogens with zero attached hydrogens (tertiary/aromatic N) is 7. The highest BCUT2D eigenvalue weighted by molar-refractivity contribution is 5.91. The first-order chi connectivity index (χ1) is 18.4. The van der Waals surface area contributed by atoms with E-state index in [0.29, 0.717) is 29.0 Å². The van der Waals surface area contributed by atoms with Crippen LogP contribution in [0.15, 0.2) is 24.7 Å². The normalized spacial score (nSPS) is 15.5. The fourth-order valence-corrected chi connectivity index (χ4v) is 4.97. The first kappa shape index (κ1) is 25.6. The molecule has 0 amide bonds. The second-order valence-electron chi connectivity index (χ2n) is 9.54. The van der Waals surface area contributed by atoms with Gasteiger partial charge in [-0.25, -0.2) is 9.67 Å². The molecule has 1 atom stereocenters. The summed E-state index contributed by atoms with van der Waals surface area (Å²) in [6.07, 6.45) is 5.44. The van der Waals surface area contributed by atoms with Crippen LogP contribution in [0, 0.1) is 6.92 Å². The highest BCUT2D eigenvalue weighted by atomic mass is 16.5. The molecule has 0 saturated carbocycles. The predicted octanol–water partition coefficient (Wildman–Crippen LogP) is 3.63. The fraction of sp³-hybridized carbons (Fsp3) is 0.462. The summed E-state index contributed by atoms with van der Waals surface area (Å²) in [6, 6.07) is 3.83. The summed E-state index contributed by atoms with van der Waals surface area (Å²) in [5.74, 6) is 3.37. The van der Waals surface area contributed by atoms with Crippen LogP contribution in [-0.4, -0.2) is 74.9 Å². The third-order valence-electron chi connectivity index (χ3n) is 6.83. The van der Waals surface area contributed by atoms with Crippen molar-refractivity contribution in [1.82, 2.24) is 29.3 Å². The maximum atomic E-state index is 10.00. The Balaban J connectivity index is 1.54. The van der Waals surface area contributed by atoms with Crippen molar-refractivity contribution in [2.75, 3.05) is 44.7 Å². The molecule has 5 rings (SSSR count). The zero-order valence-electron chi connectivity index (χ0n) is 22.6. The molecule has 12 heteroatoms. The predicted molar refractivity (Wildman–Crippen MR) is 144 cm³/mol. The first-order valence-electron chi connectivity index (χ1n) is 12.6. The van der Waals surface area contributed by atoms with Gasteiger partial charge in [0, 0.05) is 24.7 Å². The van der Waals surface area contributed by atoms with Crippen molar-refractivity contribution < 1.29 is 19.3 Å². The Morgan fingerprint density at radius 1 is 1.11 bits per heavy atom. The quantitative estimate of drug-likeness (QED) is 0.337. The summed E-state index contributed by atoms with van der Waals surface area (Å²) in [5.41, 5.74) is 2.40. The number of aliphatic hydroxyl groups excluding tert-OH is 1. The van der Waals surface area contributed by atoms with Crippen molar-refractivity contribution >= 4 is 28.6 Å². The number of anilines is 3. The summed E-state index contributed by atoms with van der Waals surface area (Å²) < 4.78 is 20.2. The zero-order chi connectivity index (χ0) is 27.0. The summed E-state index contributed by atoms with van der Waals surface area (Å²) in [7, 11) is 4.73. The molecule has 1 saturated heterocycles. The molecule has 1 unspecified atom stereocenters. The molecule has 38 heavy (non-hydrogen) atoms. The van der Waals surface area contributed by atoms with E-state index in [1.807, 2.05) is 34.5 Å². The molecular weight excluding hydrogens is 488 g/mol. The molecule has 1 aliphatic rings. The minimum atomic E-state index is 0.0157. The Hall–Kier alpha value is -4.06. The second-order valence-corrected chi connectivity index (χ2v) is 9.54. The molecule has 3 aromatic heterocycles. The summed E-state index contributed by atoms with van der Waals surface area (Å²) in [5, 5.41) is 18.9.